The van der Waals surface area contributed by atoms with Crippen LogP contribution >= 0.6 is 11.6 Å². The largest absolute Gasteiger partial charge is 0.502 e. The molecule has 0 unspecified atom stereocenters. The maximum absolute atomic E-state index is 12.1. The number of phenols is 1. The Morgan fingerprint density at radius 3 is 2.56 bits per heavy atom. The van der Waals surface area contributed by atoms with Crippen LogP contribution in [0.1, 0.15) is 15.9 Å². The summed E-state index contributed by atoms with van der Waals surface area (Å²) in [5.41, 5.74) is 0.442. The van der Waals surface area contributed by atoms with Gasteiger partial charge in [0, 0.05) is 16.7 Å². The van der Waals surface area contributed by atoms with Crippen LogP contribution in [0.5, 0.6) is 11.5 Å². The number of ether oxygens (including phenoxy) is 1. The molecule has 0 aromatic heterocycles. The highest BCUT2D eigenvalue weighted by Crippen LogP contribution is 2.26. The minimum absolute atomic E-state index is 0.175. The van der Waals surface area contributed by atoms with Crippen LogP contribution in [-0.2, 0) is 0 Å². The molecule has 0 aliphatic carbocycles. The Morgan fingerprint density at radius 2 is 1.96 bits per heavy atom. The number of rotatable bonds is 7. The van der Waals surface area contributed by atoms with Crippen molar-refractivity contribution in [1.82, 2.24) is 0 Å². The zero-order chi connectivity index (χ0) is 18.4. The van der Waals surface area contributed by atoms with Crippen molar-refractivity contribution in [2.45, 2.75) is 0 Å². The monoisotopic (exact) mass is 359 g/mol. The molecule has 0 radical (unpaired) electrons. The molecule has 0 saturated heterocycles. The van der Waals surface area contributed by atoms with Gasteiger partial charge in [-0.1, -0.05) is 30.3 Å². The van der Waals surface area contributed by atoms with E-state index in [4.69, 9.17) is 16.3 Å². The number of nitro benzene ring substituents is 1. The summed E-state index contributed by atoms with van der Waals surface area (Å²) in [4.78, 5) is 22.2. The van der Waals surface area contributed by atoms with Crippen LogP contribution in [0.4, 0.5) is 5.69 Å². The summed E-state index contributed by atoms with van der Waals surface area (Å²) < 4.78 is 5.33. The molecule has 2 aromatic carbocycles. The molecule has 0 amide bonds. The van der Waals surface area contributed by atoms with Gasteiger partial charge in [-0.05, 0) is 42.0 Å². The number of benzene rings is 2. The lowest BCUT2D eigenvalue weighted by atomic mass is 10.1. The first-order valence-corrected chi connectivity index (χ1v) is 7.50. The average molecular weight is 360 g/mol. The number of aromatic hydroxyl groups is 1. The summed E-state index contributed by atoms with van der Waals surface area (Å²) in [5.74, 6) is -0.149. The summed E-state index contributed by atoms with van der Waals surface area (Å²) in [7, 11) is 0. The first-order chi connectivity index (χ1) is 11.9. The number of nitrogens with zero attached hydrogens (tertiary/aromatic N) is 1. The zero-order valence-electron chi connectivity index (χ0n) is 13.0. The molecule has 0 aliphatic rings. The smallest absolute Gasteiger partial charge is 0.311 e. The Hall–Kier alpha value is -3.12. The highest BCUT2D eigenvalue weighted by atomic mass is 35.5. The molecule has 0 bridgehead atoms. The third-order valence-corrected chi connectivity index (χ3v) is 3.27. The van der Waals surface area contributed by atoms with Crippen LogP contribution < -0.4 is 4.74 Å². The van der Waals surface area contributed by atoms with Crippen molar-refractivity contribution < 1.29 is 19.6 Å². The standard InChI is InChI=1S/C18H14ClNO5/c1-12(19)11-25-15-6-4-14(5-7-15)17(21)8-2-13-3-9-18(22)16(10-13)20(23)24/h2-10,22H,1,11H2/b8-2+. The number of nitro groups is 1. The van der Waals surface area contributed by atoms with E-state index in [2.05, 4.69) is 6.58 Å². The molecule has 25 heavy (non-hydrogen) atoms. The fourth-order valence-electron chi connectivity index (χ4n) is 1.94. The van der Waals surface area contributed by atoms with Crippen molar-refractivity contribution in [3.8, 4) is 11.5 Å². The molecule has 0 atom stereocenters. The van der Waals surface area contributed by atoms with Crippen molar-refractivity contribution in [3.63, 3.8) is 0 Å². The molecule has 0 saturated carbocycles. The Labute approximate surface area is 148 Å². The van der Waals surface area contributed by atoms with Crippen LogP contribution in [0, 0.1) is 10.1 Å². The fraction of sp³-hybridized carbons (Fsp3) is 0.0556. The average Bonchev–Trinajstić information content (AvgIpc) is 2.59. The maximum atomic E-state index is 12.1. The molecule has 2 rings (SSSR count). The minimum Gasteiger partial charge on any atom is -0.502 e. The van der Waals surface area contributed by atoms with Gasteiger partial charge in [-0.15, -0.1) is 0 Å². The number of phenolic OH excluding ortho intramolecular Hbond substituents is 1. The van der Waals surface area contributed by atoms with Gasteiger partial charge in [0.25, 0.3) is 0 Å². The Kier molecular flexibility index (Phi) is 5.92. The third-order valence-electron chi connectivity index (χ3n) is 3.16. The predicted octanol–water partition coefficient (Wildman–Crippen LogP) is 4.33. The molecule has 128 valence electrons. The van der Waals surface area contributed by atoms with Crippen molar-refractivity contribution in [3.05, 3.63) is 81.4 Å². The molecule has 2 aromatic rings. The fourth-order valence-corrected chi connectivity index (χ4v) is 1.99. The first kappa shape index (κ1) is 18.2. The first-order valence-electron chi connectivity index (χ1n) is 7.13. The van der Waals surface area contributed by atoms with Crippen molar-refractivity contribution >= 4 is 29.1 Å². The number of allylic oxidation sites excluding steroid dienone is 1. The zero-order valence-corrected chi connectivity index (χ0v) is 13.8. The number of ketones is 1. The molecule has 1 N–H and O–H groups in total. The number of hydrogen-bond donors (Lipinski definition) is 1. The van der Waals surface area contributed by atoms with Gasteiger partial charge in [0.2, 0.25) is 0 Å². The molecule has 0 aliphatic heterocycles. The van der Waals surface area contributed by atoms with E-state index in [9.17, 15) is 20.0 Å². The van der Waals surface area contributed by atoms with Crippen molar-refractivity contribution in [2.24, 2.45) is 0 Å². The van der Waals surface area contributed by atoms with Gasteiger partial charge in [-0.3, -0.25) is 14.9 Å². The second kappa shape index (κ2) is 8.12. The Balaban J connectivity index is 2.08. The highest BCUT2D eigenvalue weighted by molar-refractivity contribution is 6.29. The van der Waals surface area contributed by atoms with E-state index in [1.165, 1.54) is 30.4 Å². The molecule has 0 spiro atoms. The summed E-state index contributed by atoms with van der Waals surface area (Å²) in [6, 6.07) is 10.3. The van der Waals surface area contributed by atoms with Crippen LogP contribution in [0.3, 0.4) is 0 Å². The summed E-state index contributed by atoms with van der Waals surface area (Å²) in [5, 5.41) is 20.6. The van der Waals surface area contributed by atoms with Crippen LogP contribution in [-0.4, -0.2) is 22.4 Å². The summed E-state index contributed by atoms with van der Waals surface area (Å²) in [6.07, 6.45) is 2.74. The van der Waals surface area contributed by atoms with E-state index in [1.807, 2.05) is 0 Å². The van der Waals surface area contributed by atoms with E-state index < -0.39 is 16.4 Å². The van der Waals surface area contributed by atoms with Gasteiger partial charge in [-0.25, -0.2) is 0 Å². The predicted molar refractivity (Wildman–Crippen MR) is 95.1 cm³/mol. The second-order valence-electron chi connectivity index (χ2n) is 5.03. The Morgan fingerprint density at radius 1 is 1.28 bits per heavy atom. The normalized spacial score (nSPS) is 10.6. The Bertz CT molecular complexity index is 843. The van der Waals surface area contributed by atoms with Crippen LogP contribution in [0.25, 0.3) is 6.08 Å². The molecule has 0 fully saturated rings. The summed E-state index contributed by atoms with van der Waals surface area (Å²) >= 11 is 5.61. The second-order valence-corrected chi connectivity index (χ2v) is 5.57. The minimum atomic E-state index is -0.692. The lowest BCUT2D eigenvalue weighted by Crippen LogP contribution is -1.98. The van der Waals surface area contributed by atoms with Crippen molar-refractivity contribution in [2.75, 3.05) is 6.61 Å². The van der Waals surface area contributed by atoms with Gasteiger partial charge in [0.1, 0.15) is 12.4 Å². The van der Waals surface area contributed by atoms with Gasteiger partial charge >= 0.3 is 5.69 Å². The number of halogens is 1. The van der Waals surface area contributed by atoms with Crippen LogP contribution in [0.15, 0.2) is 60.2 Å². The molecule has 0 heterocycles. The molecule has 7 heteroatoms. The van der Waals surface area contributed by atoms with E-state index in [0.717, 1.165) is 0 Å². The highest BCUT2D eigenvalue weighted by Gasteiger charge is 2.12. The number of hydrogen-bond acceptors (Lipinski definition) is 5. The summed E-state index contributed by atoms with van der Waals surface area (Å²) in [6.45, 7) is 3.69. The van der Waals surface area contributed by atoms with E-state index in [0.29, 0.717) is 21.9 Å². The third kappa shape index (κ3) is 5.19. The number of carbonyl (C=O) groups is 1. The van der Waals surface area contributed by atoms with E-state index in [1.54, 1.807) is 24.3 Å². The van der Waals surface area contributed by atoms with Gasteiger partial charge in [0.05, 0.1) is 4.92 Å². The number of carbonyl (C=O) groups excluding carboxylic acids is 1. The van der Waals surface area contributed by atoms with Crippen LogP contribution in [0.2, 0.25) is 0 Å². The SMILES string of the molecule is C=C(Cl)COc1ccc(C(=O)/C=C/c2ccc(O)c([N+](=O)[O-])c2)cc1. The topological polar surface area (TPSA) is 89.7 Å². The molecular weight excluding hydrogens is 346 g/mol. The van der Waals surface area contributed by atoms with Crippen molar-refractivity contribution in [1.29, 1.82) is 0 Å². The quantitative estimate of drug-likeness (QED) is 0.344. The van der Waals surface area contributed by atoms with E-state index >= 15 is 0 Å². The van der Waals surface area contributed by atoms with E-state index in [-0.39, 0.29) is 12.4 Å². The van der Waals surface area contributed by atoms with Gasteiger partial charge < -0.3 is 9.84 Å². The van der Waals surface area contributed by atoms with Gasteiger partial charge in [-0.2, -0.15) is 0 Å². The molecular formula is C18H14ClNO5. The lowest BCUT2D eigenvalue weighted by Gasteiger charge is -2.05. The van der Waals surface area contributed by atoms with Gasteiger partial charge in [0.15, 0.2) is 11.5 Å². The maximum Gasteiger partial charge on any atom is 0.311 e. The lowest BCUT2D eigenvalue weighted by molar-refractivity contribution is -0.385. The molecule has 6 nitrogen and oxygen atoms in total.